The van der Waals surface area contributed by atoms with Crippen LogP contribution in [-0.4, -0.2) is 24.9 Å². The standard InChI is InChI=1S/C23H26N2O2/c26-22(24-17-5-4-9-19-7-2-1-3-8-19)16-13-20-11-14-21(15-12-20)25-18-6-10-23(25)27/h1-3,7-8,11-16H,4-6,9-10,17-18H2,(H,24,26)/b16-13+. The van der Waals surface area contributed by atoms with E-state index in [1.807, 2.05) is 35.2 Å². The van der Waals surface area contributed by atoms with Crippen molar-refractivity contribution in [1.82, 2.24) is 5.32 Å². The summed E-state index contributed by atoms with van der Waals surface area (Å²) in [4.78, 5) is 25.5. The first kappa shape index (κ1) is 18.9. The molecule has 1 aliphatic rings. The van der Waals surface area contributed by atoms with Crippen LogP contribution in [0.5, 0.6) is 0 Å². The van der Waals surface area contributed by atoms with Gasteiger partial charge in [-0.15, -0.1) is 0 Å². The van der Waals surface area contributed by atoms with E-state index in [0.29, 0.717) is 13.0 Å². The van der Waals surface area contributed by atoms with Crippen LogP contribution in [0, 0.1) is 0 Å². The van der Waals surface area contributed by atoms with Crippen LogP contribution < -0.4 is 10.2 Å². The number of anilines is 1. The maximum atomic E-state index is 11.9. The fraction of sp³-hybridized carbons (Fsp3) is 0.304. The minimum absolute atomic E-state index is 0.0755. The molecule has 3 rings (SSSR count). The molecule has 2 amide bonds. The van der Waals surface area contributed by atoms with Crippen molar-refractivity contribution >= 4 is 23.6 Å². The first-order valence-corrected chi connectivity index (χ1v) is 9.63. The molecule has 27 heavy (non-hydrogen) atoms. The van der Waals surface area contributed by atoms with Crippen LogP contribution >= 0.6 is 0 Å². The van der Waals surface area contributed by atoms with Crippen LogP contribution in [0.2, 0.25) is 0 Å². The summed E-state index contributed by atoms with van der Waals surface area (Å²) in [6.45, 7) is 1.48. The number of aryl methyl sites for hydroxylation is 1. The summed E-state index contributed by atoms with van der Waals surface area (Å²) in [6.07, 6.45) is 7.98. The van der Waals surface area contributed by atoms with E-state index in [1.54, 1.807) is 12.2 Å². The smallest absolute Gasteiger partial charge is 0.243 e. The molecule has 2 aromatic carbocycles. The molecule has 140 valence electrons. The first-order valence-electron chi connectivity index (χ1n) is 9.63. The van der Waals surface area contributed by atoms with Gasteiger partial charge in [-0.25, -0.2) is 0 Å². The van der Waals surface area contributed by atoms with Crippen LogP contribution in [0.25, 0.3) is 6.08 Å². The van der Waals surface area contributed by atoms with Crippen molar-refractivity contribution in [2.45, 2.75) is 32.1 Å². The second kappa shape index (κ2) is 9.72. The normalized spacial score (nSPS) is 14.1. The molecule has 4 nitrogen and oxygen atoms in total. The minimum Gasteiger partial charge on any atom is -0.353 e. The molecule has 1 saturated heterocycles. The lowest BCUT2D eigenvalue weighted by Crippen LogP contribution is -2.23. The lowest BCUT2D eigenvalue weighted by atomic mass is 10.1. The predicted octanol–water partition coefficient (Wildman–Crippen LogP) is 3.97. The number of unbranched alkanes of at least 4 members (excludes halogenated alkanes) is 1. The van der Waals surface area contributed by atoms with Gasteiger partial charge in [0, 0.05) is 31.3 Å². The zero-order valence-electron chi connectivity index (χ0n) is 15.6. The van der Waals surface area contributed by atoms with E-state index >= 15 is 0 Å². The number of rotatable bonds is 8. The highest BCUT2D eigenvalue weighted by Gasteiger charge is 2.21. The Morgan fingerprint density at radius 2 is 1.81 bits per heavy atom. The zero-order valence-corrected chi connectivity index (χ0v) is 15.6. The van der Waals surface area contributed by atoms with E-state index in [1.165, 1.54) is 5.56 Å². The quantitative estimate of drug-likeness (QED) is 0.571. The highest BCUT2D eigenvalue weighted by atomic mass is 16.2. The van der Waals surface area contributed by atoms with Gasteiger partial charge in [0.2, 0.25) is 11.8 Å². The lowest BCUT2D eigenvalue weighted by molar-refractivity contribution is -0.117. The summed E-state index contributed by atoms with van der Waals surface area (Å²) in [5.41, 5.74) is 3.21. The van der Waals surface area contributed by atoms with Crippen molar-refractivity contribution in [2.75, 3.05) is 18.0 Å². The Morgan fingerprint density at radius 3 is 2.52 bits per heavy atom. The van der Waals surface area contributed by atoms with Crippen LogP contribution in [0.15, 0.2) is 60.7 Å². The van der Waals surface area contributed by atoms with Crippen molar-refractivity contribution in [3.8, 4) is 0 Å². The van der Waals surface area contributed by atoms with Gasteiger partial charge in [0.1, 0.15) is 0 Å². The summed E-state index contributed by atoms with van der Waals surface area (Å²) in [6, 6.07) is 18.1. The van der Waals surface area contributed by atoms with Gasteiger partial charge in [-0.1, -0.05) is 42.5 Å². The third kappa shape index (κ3) is 5.81. The number of carbonyl (C=O) groups is 2. The highest BCUT2D eigenvalue weighted by molar-refractivity contribution is 5.95. The molecule has 0 spiro atoms. The number of nitrogens with zero attached hydrogens (tertiary/aromatic N) is 1. The van der Waals surface area contributed by atoms with Crippen LogP contribution in [0.3, 0.4) is 0 Å². The largest absolute Gasteiger partial charge is 0.353 e. The van der Waals surface area contributed by atoms with Crippen molar-refractivity contribution in [3.05, 3.63) is 71.8 Å². The zero-order chi connectivity index (χ0) is 18.9. The van der Waals surface area contributed by atoms with Crippen LogP contribution in [0.1, 0.15) is 36.8 Å². The van der Waals surface area contributed by atoms with Gasteiger partial charge in [-0.05, 0) is 55.0 Å². The van der Waals surface area contributed by atoms with Crippen molar-refractivity contribution in [2.24, 2.45) is 0 Å². The van der Waals surface area contributed by atoms with E-state index in [0.717, 1.165) is 43.5 Å². The van der Waals surface area contributed by atoms with Crippen LogP contribution in [-0.2, 0) is 16.0 Å². The number of nitrogens with one attached hydrogen (secondary N) is 1. The maximum absolute atomic E-state index is 11.9. The topological polar surface area (TPSA) is 49.4 Å². The predicted molar refractivity (Wildman–Crippen MR) is 109 cm³/mol. The molecule has 1 heterocycles. The average molecular weight is 362 g/mol. The summed E-state index contributed by atoms with van der Waals surface area (Å²) < 4.78 is 0. The Kier molecular flexibility index (Phi) is 6.80. The summed E-state index contributed by atoms with van der Waals surface area (Å²) in [5, 5.41) is 2.92. The molecule has 0 saturated carbocycles. The minimum atomic E-state index is -0.0755. The number of benzene rings is 2. The van der Waals surface area contributed by atoms with Crippen molar-refractivity contribution in [3.63, 3.8) is 0 Å². The van der Waals surface area contributed by atoms with Gasteiger partial charge in [0.15, 0.2) is 0 Å². The Morgan fingerprint density at radius 1 is 1.04 bits per heavy atom. The Hall–Kier alpha value is -2.88. The molecule has 0 radical (unpaired) electrons. The van der Waals surface area contributed by atoms with E-state index < -0.39 is 0 Å². The van der Waals surface area contributed by atoms with Gasteiger partial charge in [0.25, 0.3) is 0 Å². The number of hydrogen-bond acceptors (Lipinski definition) is 2. The lowest BCUT2D eigenvalue weighted by Gasteiger charge is -2.15. The molecule has 2 aromatic rings. The second-order valence-electron chi connectivity index (χ2n) is 6.81. The van der Waals surface area contributed by atoms with Crippen LogP contribution in [0.4, 0.5) is 5.69 Å². The van der Waals surface area contributed by atoms with Gasteiger partial charge < -0.3 is 10.2 Å². The van der Waals surface area contributed by atoms with Gasteiger partial charge in [0.05, 0.1) is 0 Å². The van der Waals surface area contributed by atoms with E-state index in [4.69, 9.17) is 0 Å². The molecule has 1 aliphatic heterocycles. The first-order chi connectivity index (χ1) is 13.2. The molecule has 0 aliphatic carbocycles. The maximum Gasteiger partial charge on any atom is 0.243 e. The SMILES string of the molecule is O=C(/C=C/c1ccc(N2CCCC2=O)cc1)NCCCCc1ccccc1. The number of amides is 2. The summed E-state index contributed by atoms with van der Waals surface area (Å²) in [5.74, 6) is 0.110. The van der Waals surface area contributed by atoms with Crippen molar-refractivity contribution in [1.29, 1.82) is 0 Å². The molecule has 0 aromatic heterocycles. The molecule has 0 atom stereocenters. The van der Waals surface area contributed by atoms with Crippen molar-refractivity contribution < 1.29 is 9.59 Å². The third-order valence-electron chi connectivity index (χ3n) is 4.74. The molecule has 0 unspecified atom stereocenters. The Labute approximate surface area is 160 Å². The fourth-order valence-electron chi connectivity index (χ4n) is 3.23. The number of carbonyl (C=O) groups excluding carboxylic acids is 2. The number of hydrogen-bond donors (Lipinski definition) is 1. The molecule has 1 fully saturated rings. The van der Waals surface area contributed by atoms with Gasteiger partial charge >= 0.3 is 0 Å². The van der Waals surface area contributed by atoms with E-state index in [9.17, 15) is 9.59 Å². The Balaban J connectivity index is 1.37. The monoisotopic (exact) mass is 362 g/mol. The highest BCUT2D eigenvalue weighted by Crippen LogP contribution is 2.21. The molecular formula is C23H26N2O2. The van der Waals surface area contributed by atoms with Gasteiger partial charge in [-0.3, -0.25) is 9.59 Å². The average Bonchev–Trinajstić information content (AvgIpc) is 3.13. The molecule has 4 heteroatoms. The Bertz CT molecular complexity index is 782. The summed E-state index contributed by atoms with van der Waals surface area (Å²) >= 11 is 0. The molecular weight excluding hydrogens is 336 g/mol. The van der Waals surface area contributed by atoms with E-state index in [2.05, 4.69) is 29.6 Å². The molecule has 0 bridgehead atoms. The van der Waals surface area contributed by atoms with E-state index in [-0.39, 0.29) is 11.8 Å². The second-order valence-corrected chi connectivity index (χ2v) is 6.81. The fourth-order valence-corrected chi connectivity index (χ4v) is 3.23. The van der Waals surface area contributed by atoms with Gasteiger partial charge in [-0.2, -0.15) is 0 Å². The summed E-state index contributed by atoms with van der Waals surface area (Å²) in [7, 11) is 0. The molecule has 1 N–H and O–H groups in total. The third-order valence-corrected chi connectivity index (χ3v) is 4.74.